The second-order valence-electron chi connectivity index (χ2n) is 7.14. The molecule has 3 aromatic rings. The number of hydrogen-bond acceptors (Lipinski definition) is 5. The van der Waals surface area contributed by atoms with E-state index in [1.54, 1.807) is 23.0 Å². The quantitative estimate of drug-likeness (QED) is 0.513. The van der Waals surface area contributed by atoms with Crippen LogP contribution in [0.5, 0.6) is 0 Å². The minimum atomic E-state index is -0.0620. The van der Waals surface area contributed by atoms with Gasteiger partial charge in [-0.1, -0.05) is 36.0 Å². The van der Waals surface area contributed by atoms with Crippen molar-refractivity contribution in [2.45, 2.75) is 44.3 Å². The molecule has 1 aliphatic rings. The van der Waals surface area contributed by atoms with Gasteiger partial charge in [-0.05, 0) is 49.3 Å². The van der Waals surface area contributed by atoms with E-state index < -0.39 is 0 Å². The highest BCUT2D eigenvalue weighted by Crippen LogP contribution is 2.34. The third-order valence-electron chi connectivity index (χ3n) is 5.22. The monoisotopic (exact) mass is 413 g/mol. The molecule has 0 spiro atoms. The fourth-order valence-corrected chi connectivity index (χ4v) is 5.68. The lowest BCUT2D eigenvalue weighted by Gasteiger charge is -2.11. The van der Waals surface area contributed by atoms with E-state index in [0.717, 1.165) is 40.6 Å². The number of rotatable bonds is 5. The average molecular weight is 414 g/mol. The Labute approximate surface area is 172 Å². The Hall–Kier alpha value is -2.12. The summed E-state index contributed by atoms with van der Waals surface area (Å²) in [5.74, 6) is 0.177. The smallest absolute Gasteiger partial charge is 0.262 e. The molecule has 0 bridgehead atoms. The molecule has 1 amide bonds. The van der Waals surface area contributed by atoms with Gasteiger partial charge in [-0.25, -0.2) is 4.98 Å². The molecule has 1 aromatic carbocycles. The Balaban J connectivity index is 1.47. The number of amides is 1. The van der Waals surface area contributed by atoms with Gasteiger partial charge in [0.15, 0.2) is 5.16 Å². The number of fused-ring (bicyclic) bond motifs is 3. The van der Waals surface area contributed by atoms with Crippen LogP contribution in [0.15, 0.2) is 34.2 Å². The van der Waals surface area contributed by atoms with E-state index in [9.17, 15) is 9.59 Å². The molecule has 1 aliphatic carbocycles. The SMILES string of the molecule is Cc1ccccc1CNC(=O)CSc1nc2sc3c(c2c(=O)n1C)CCCC3. The lowest BCUT2D eigenvalue weighted by atomic mass is 9.97. The van der Waals surface area contributed by atoms with Gasteiger partial charge >= 0.3 is 0 Å². The molecule has 0 saturated heterocycles. The Morgan fingerprint density at radius 1 is 1.29 bits per heavy atom. The van der Waals surface area contributed by atoms with Crippen molar-refractivity contribution in [2.24, 2.45) is 7.05 Å². The molecule has 4 rings (SSSR count). The van der Waals surface area contributed by atoms with Gasteiger partial charge in [-0.2, -0.15) is 0 Å². The minimum Gasteiger partial charge on any atom is -0.351 e. The zero-order chi connectivity index (χ0) is 19.7. The largest absolute Gasteiger partial charge is 0.351 e. The predicted octanol–water partition coefficient (Wildman–Crippen LogP) is 3.59. The maximum atomic E-state index is 12.9. The zero-order valence-electron chi connectivity index (χ0n) is 16.1. The molecular formula is C21H23N3O2S2. The van der Waals surface area contributed by atoms with E-state index in [4.69, 9.17) is 4.98 Å². The summed E-state index contributed by atoms with van der Waals surface area (Å²) in [5, 5.41) is 4.34. The molecule has 0 radical (unpaired) electrons. The summed E-state index contributed by atoms with van der Waals surface area (Å²) in [4.78, 5) is 32.0. The van der Waals surface area contributed by atoms with Gasteiger partial charge in [0.05, 0.1) is 11.1 Å². The van der Waals surface area contributed by atoms with Crippen LogP contribution in [0.25, 0.3) is 10.2 Å². The number of aromatic nitrogens is 2. The highest BCUT2D eigenvalue weighted by atomic mass is 32.2. The summed E-state index contributed by atoms with van der Waals surface area (Å²) in [6, 6.07) is 8.01. The first-order chi connectivity index (χ1) is 13.5. The van der Waals surface area contributed by atoms with Crippen molar-refractivity contribution < 1.29 is 4.79 Å². The Morgan fingerprint density at radius 3 is 2.89 bits per heavy atom. The van der Waals surface area contributed by atoms with E-state index in [0.29, 0.717) is 11.7 Å². The molecule has 0 aliphatic heterocycles. The number of nitrogens with zero attached hydrogens (tertiary/aromatic N) is 2. The van der Waals surface area contributed by atoms with Crippen molar-refractivity contribution >= 4 is 39.2 Å². The molecular weight excluding hydrogens is 390 g/mol. The molecule has 2 heterocycles. The highest BCUT2D eigenvalue weighted by molar-refractivity contribution is 7.99. The Bertz CT molecular complexity index is 1100. The zero-order valence-corrected chi connectivity index (χ0v) is 17.7. The van der Waals surface area contributed by atoms with Crippen LogP contribution in [-0.2, 0) is 31.2 Å². The lowest BCUT2D eigenvalue weighted by Crippen LogP contribution is -2.26. The fraction of sp³-hybridized carbons (Fsp3) is 0.381. The summed E-state index contributed by atoms with van der Waals surface area (Å²) in [6.45, 7) is 2.54. The van der Waals surface area contributed by atoms with Crippen molar-refractivity contribution in [1.82, 2.24) is 14.9 Å². The molecule has 7 heteroatoms. The van der Waals surface area contributed by atoms with E-state index in [2.05, 4.69) is 5.32 Å². The topological polar surface area (TPSA) is 64.0 Å². The number of nitrogens with one attached hydrogen (secondary N) is 1. The number of aryl methyl sites for hydroxylation is 3. The number of thiophene rings is 1. The number of carbonyl (C=O) groups is 1. The summed E-state index contributed by atoms with van der Waals surface area (Å²) < 4.78 is 1.59. The Kier molecular flexibility index (Phi) is 5.55. The van der Waals surface area contributed by atoms with Crippen LogP contribution < -0.4 is 10.9 Å². The standard InChI is InChI=1S/C21H23N3O2S2/c1-13-7-3-4-8-14(13)11-22-17(25)12-27-21-23-19-18(20(26)24(21)2)15-9-5-6-10-16(15)28-19/h3-4,7-8H,5-6,9-12H2,1-2H3,(H,22,25). The Morgan fingerprint density at radius 2 is 2.07 bits per heavy atom. The average Bonchev–Trinajstić information content (AvgIpc) is 3.07. The van der Waals surface area contributed by atoms with Crippen molar-refractivity contribution in [3.8, 4) is 0 Å². The third-order valence-corrected chi connectivity index (χ3v) is 7.44. The molecule has 146 valence electrons. The predicted molar refractivity (Wildman–Crippen MR) is 115 cm³/mol. The first-order valence-electron chi connectivity index (χ1n) is 9.50. The molecule has 1 N–H and O–H groups in total. The molecule has 0 saturated carbocycles. The molecule has 5 nitrogen and oxygen atoms in total. The van der Waals surface area contributed by atoms with Crippen molar-refractivity contribution in [3.63, 3.8) is 0 Å². The first-order valence-corrected chi connectivity index (χ1v) is 11.3. The number of carbonyl (C=O) groups excluding carboxylic acids is 1. The van der Waals surface area contributed by atoms with E-state index in [1.807, 2.05) is 31.2 Å². The number of hydrogen-bond donors (Lipinski definition) is 1. The summed E-state index contributed by atoms with van der Waals surface area (Å²) in [7, 11) is 1.75. The second-order valence-corrected chi connectivity index (χ2v) is 9.17. The fourth-order valence-electron chi connectivity index (χ4n) is 3.58. The van der Waals surface area contributed by atoms with Gasteiger partial charge in [0, 0.05) is 18.5 Å². The molecule has 28 heavy (non-hydrogen) atoms. The number of benzene rings is 1. The van der Waals surface area contributed by atoms with Gasteiger partial charge in [-0.15, -0.1) is 11.3 Å². The second kappa shape index (κ2) is 8.09. The molecule has 0 atom stereocenters. The highest BCUT2D eigenvalue weighted by Gasteiger charge is 2.21. The van der Waals surface area contributed by atoms with E-state index in [-0.39, 0.29) is 17.2 Å². The lowest BCUT2D eigenvalue weighted by molar-refractivity contribution is -0.118. The van der Waals surface area contributed by atoms with Gasteiger partial charge in [0.25, 0.3) is 5.56 Å². The van der Waals surface area contributed by atoms with Gasteiger partial charge in [0.1, 0.15) is 4.83 Å². The normalized spacial score (nSPS) is 13.5. The molecule has 0 fully saturated rings. The van der Waals surface area contributed by atoms with Crippen molar-refractivity contribution in [1.29, 1.82) is 0 Å². The number of thioether (sulfide) groups is 1. The first kappa shape index (κ1) is 19.2. The molecule has 0 unspecified atom stereocenters. The van der Waals surface area contributed by atoms with Gasteiger partial charge in [-0.3, -0.25) is 14.2 Å². The summed E-state index contributed by atoms with van der Waals surface area (Å²) in [6.07, 6.45) is 4.34. The van der Waals surface area contributed by atoms with Crippen LogP contribution in [0.3, 0.4) is 0 Å². The third kappa shape index (κ3) is 3.73. The summed E-state index contributed by atoms with van der Waals surface area (Å²) >= 11 is 2.96. The van der Waals surface area contributed by atoms with Gasteiger partial charge in [0.2, 0.25) is 5.91 Å². The summed E-state index contributed by atoms with van der Waals surface area (Å²) in [5.41, 5.74) is 3.47. The van der Waals surface area contributed by atoms with Gasteiger partial charge < -0.3 is 5.32 Å². The maximum Gasteiger partial charge on any atom is 0.262 e. The van der Waals surface area contributed by atoms with Crippen LogP contribution in [0, 0.1) is 6.92 Å². The molecule has 2 aromatic heterocycles. The van der Waals surface area contributed by atoms with E-state index >= 15 is 0 Å². The minimum absolute atomic E-state index is 0.00668. The maximum absolute atomic E-state index is 12.9. The van der Waals surface area contributed by atoms with Crippen LogP contribution in [0.2, 0.25) is 0 Å². The van der Waals surface area contributed by atoms with Crippen molar-refractivity contribution in [2.75, 3.05) is 5.75 Å². The van der Waals surface area contributed by atoms with Crippen molar-refractivity contribution in [3.05, 3.63) is 56.2 Å². The van der Waals surface area contributed by atoms with E-state index in [1.165, 1.54) is 28.6 Å². The van der Waals surface area contributed by atoms with Crippen LogP contribution in [0.4, 0.5) is 0 Å². The van der Waals surface area contributed by atoms with Crippen LogP contribution in [-0.4, -0.2) is 21.2 Å². The van der Waals surface area contributed by atoms with Crippen LogP contribution >= 0.6 is 23.1 Å². The van der Waals surface area contributed by atoms with Crippen LogP contribution in [0.1, 0.15) is 34.4 Å².